The zero-order chi connectivity index (χ0) is 14.4. The molecule has 1 fully saturated rings. The topological polar surface area (TPSA) is 42.2 Å². The van der Waals surface area contributed by atoms with E-state index in [-0.39, 0.29) is 0 Å². The molecule has 1 aliphatic rings. The Bertz CT molecular complexity index is 800. The lowest BCUT2D eigenvalue weighted by Crippen LogP contribution is -2.20. The van der Waals surface area contributed by atoms with Gasteiger partial charge in [0.2, 0.25) is 0 Å². The van der Waals surface area contributed by atoms with Gasteiger partial charge in [-0.1, -0.05) is 26.0 Å². The maximum Gasteiger partial charge on any atom is 0.196 e. The highest BCUT2D eigenvalue weighted by atomic mass is 16.3. The van der Waals surface area contributed by atoms with Crippen LogP contribution < -0.4 is 4.90 Å². The predicted octanol–water partition coefficient (Wildman–Crippen LogP) is 4.10. The zero-order valence-corrected chi connectivity index (χ0v) is 12.5. The SMILES string of the molecule is CC(C)c1nc(N2CCCC2)c2oc3ccccc3c2n1. The van der Waals surface area contributed by atoms with Crippen LogP contribution in [0.25, 0.3) is 22.1 Å². The molecule has 0 bridgehead atoms. The summed E-state index contributed by atoms with van der Waals surface area (Å²) >= 11 is 0. The van der Waals surface area contributed by atoms with Crippen molar-refractivity contribution in [1.29, 1.82) is 0 Å². The minimum absolute atomic E-state index is 0.310. The average Bonchev–Trinajstić information content (AvgIpc) is 3.13. The van der Waals surface area contributed by atoms with Crippen LogP contribution >= 0.6 is 0 Å². The van der Waals surface area contributed by atoms with Crippen molar-refractivity contribution in [1.82, 2.24) is 9.97 Å². The Balaban J connectivity index is 2.05. The first-order chi connectivity index (χ1) is 10.2. The third kappa shape index (κ3) is 1.97. The molecular weight excluding hydrogens is 262 g/mol. The normalized spacial score (nSPS) is 15.7. The molecule has 0 unspecified atom stereocenters. The van der Waals surface area contributed by atoms with E-state index in [4.69, 9.17) is 14.4 Å². The number of nitrogens with zero attached hydrogens (tertiary/aromatic N) is 3. The third-order valence-electron chi connectivity index (χ3n) is 4.14. The van der Waals surface area contributed by atoms with E-state index < -0.39 is 0 Å². The monoisotopic (exact) mass is 281 g/mol. The molecule has 4 rings (SSSR count). The summed E-state index contributed by atoms with van der Waals surface area (Å²) < 4.78 is 6.06. The second-order valence-electron chi connectivity index (χ2n) is 6.03. The highest BCUT2D eigenvalue weighted by molar-refractivity contribution is 6.05. The van der Waals surface area contributed by atoms with Crippen LogP contribution in [0.4, 0.5) is 5.82 Å². The van der Waals surface area contributed by atoms with Crippen molar-refractivity contribution in [2.24, 2.45) is 0 Å². The van der Waals surface area contributed by atoms with Crippen LogP contribution in [-0.4, -0.2) is 23.1 Å². The van der Waals surface area contributed by atoms with E-state index in [0.29, 0.717) is 5.92 Å². The number of furan rings is 1. The van der Waals surface area contributed by atoms with Gasteiger partial charge in [-0.2, -0.15) is 0 Å². The molecule has 3 heterocycles. The van der Waals surface area contributed by atoms with E-state index in [2.05, 4.69) is 24.8 Å². The van der Waals surface area contributed by atoms with Crippen LogP contribution in [0.3, 0.4) is 0 Å². The number of hydrogen-bond donors (Lipinski definition) is 0. The summed E-state index contributed by atoms with van der Waals surface area (Å²) in [6.07, 6.45) is 2.45. The first kappa shape index (κ1) is 12.6. The largest absolute Gasteiger partial charge is 0.450 e. The summed E-state index contributed by atoms with van der Waals surface area (Å²) in [5.41, 5.74) is 2.68. The van der Waals surface area contributed by atoms with Crippen LogP contribution in [0.15, 0.2) is 28.7 Å². The van der Waals surface area contributed by atoms with Crippen molar-refractivity contribution in [2.75, 3.05) is 18.0 Å². The Labute approximate surface area is 123 Å². The minimum atomic E-state index is 0.310. The lowest BCUT2D eigenvalue weighted by molar-refractivity contribution is 0.659. The second kappa shape index (κ2) is 4.72. The van der Waals surface area contributed by atoms with Gasteiger partial charge >= 0.3 is 0 Å². The number of benzene rings is 1. The molecule has 1 saturated heterocycles. The van der Waals surface area contributed by atoms with Crippen molar-refractivity contribution in [3.05, 3.63) is 30.1 Å². The molecule has 0 amide bonds. The van der Waals surface area contributed by atoms with E-state index in [1.165, 1.54) is 12.8 Å². The maximum atomic E-state index is 6.06. The van der Waals surface area contributed by atoms with E-state index >= 15 is 0 Å². The van der Waals surface area contributed by atoms with Crippen molar-refractivity contribution in [2.45, 2.75) is 32.6 Å². The molecule has 1 aliphatic heterocycles. The first-order valence-corrected chi connectivity index (χ1v) is 7.68. The lowest BCUT2D eigenvalue weighted by atomic mass is 10.2. The van der Waals surface area contributed by atoms with E-state index in [1.807, 2.05) is 18.2 Å². The van der Waals surface area contributed by atoms with Crippen LogP contribution in [0.5, 0.6) is 0 Å². The highest BCUT2D eigenvalue weighted by Crippen LogP contribution is 2.34. The molecule has 2 aromatic heterocycles. The molecule has 4 nitrogen and oxygen atoms in total. The summed E-state index contributed by atoms with van der Waals surface area (Å²) in [4.78, 5) is 11.9. The molecule has 0 N–H and O–H groups in total. The summed E-state index contributed by atoms with van der Waals surface area (Å²) in [7, 11) is 0. The number of fused-ring (bicyclic) bond motifs is 3. The second-order valence-corrected chi connectivity index (χ2v) is 6.03. The Morgan fingerprint density at radius 2 is 1.86 bits per heavy atom. The summed E-state index contributed by atoms with van der Waals surface area (Å²) in [5, 5.41) is 1.08. The summed E-state index contributed by atoms with van der Waals surface area (Å²) in [5.74, 6) is 2.18. The van der Waals surface area contributed by atoms with Gasteiger partial charge in [-0.15, -0.1) is 0 Å². The van der Waals surface area contributed by atoms with Crippen molar-refractivity contribution < 1.29 is 4.42 Å². The molecular formula is C17H19N3O. The summed E-state index contributed by atoms with van der Waals surface area (Å²) in [6.45, 7) is 6.38. The molecule has 3 aromatic rings. The van der Waals surface area contributed by atoms with Crippen molar-refractivity contribution >= 4 is 27.9 Å². The molecule has 0 aliphatic carbocycles. The molecule has 4 heteroatoms. The van der Waals surface area contributed by atoms with Gasteiger partial charge in [0, 0.05) is 24.4 Å². The van der Waals surface area contributed by atoms with Crippen molar-refractivity contribution in [3.63, 3.8) is 0 Å². The summed E-state index contributed by atoms with van der Waals surface area (Å²) in [6, 6.07) is 8.10. The van der Waals surface area contributed by atoms with Crippen LogP contribution in [0, 0.1) is 0 Å². The number of hydrogen-bond acceptors (Lipinski definition) is 4. The third-order valence-corrected chi connectivity index (χ3v) is 4.14. The maximum absolute atomic E-state index is 6.06. The quantitative estimate of drug-likeness (QED) is 0.709. The van der Waals surface area contributed by atoms with Gasteiger partial charge in [0.05, 0.1) is 0 Å². The van der Waals surface area contributed by atoms with Crippen LogP contribution in [0.1, 0.15) is 38.4 Å². The molecule has 0 saturated carbocycles. The molecule has 1 aromatic carbocycles. The first-order valence-electron chi connectivity index (χ1n) is 7.68. The number of anilines is 1. The van der Waals surface area contributed by atoms with Crippen LogP contribution in [-0.2, 0) is 0 Å². The van der Waals surface area contributed by atoms with Crippen LogP contribution in [0.2, 0.25) is 0 Å². The molecule has 0 atom stereocenters. The molecule has 0 spiro atoms. The van der Waals surface area contributed by atoms with Gasteiger partial charge in [0.1, 0.15) is 16.9 Å². The minimum Gasteiger partial charge on any atom is -0.450 e. The Morgan fingerprint density at radius 1 is 1.10 bits per heavy atom. The van der Waals surface area contributed by atoms with E-state index in [9.17, 15) is 0 Å². The fraction of sp³-hybridized carbons (Fsp3) is 0.412. The van der Waals surface area contributed by atoms with Gasteiger partial charge in [0.25, 0.3) is 0 Å². The van der Waals surface area contributed by atoms with Gasteiger partial charge in [0.15, 0.2) is 11.4 Å². The highest BCUT2D eigenvalue weighted by Gasteiger charge is 2.22. The zero-order valence-electron chi connectivity index (χ0n) is 12.5. The molecule has 21 heavy (non-hydrogen) atoms. The Morgan fingerprint density at radius 3 is 2.62 bits per heavy atom. The van der Waals surface area contributed by atoms with Gasteiger partial charge in [-0.05, 0) is 25.0 Å². The van der Waals surface area contributed by atoms with Gasteiger partial charge in [-0.3, -0.25) is 0 Å². The Hall–Kier alpha value is -2.10. The number of rotatable bonds is 2. The fourth-order valence-electron chi connectivity index (χ4n) is 2.99. The fourth-order valence-corrected chi connectivity index (χ4v) is 2.99. The standard InChI is InChI=1S/C17H19N3O/c1-11(2)16-18-14-12-7-3-4-8-13(12)21-15(14)17(19-16)20-9-5-6-10-20/h3-4,7-8,11H,5-6,9-10H2,1-2H3. The number of aromatic nitrogens is 2. The van der Waals surface area contributed by atoms with Gasteiger partial charge < -0.3 is 9.32 Å². The van der Waals surface area contributed by atoms with E-state index in [0.717, 1.165) is 46.8 Å². The van der Waals surface area contributed by atoms with Crippen molar-refractivity contribution in [3.8, 4) is 0 Å². The Kier molecular flexibility index (Phi) is 2.84. The molecule has 108 valence electrons. The smallest absolute Gasteiger partial charge is 0.196 e. The molecule has 0 radical (unpaired) electrons. The van der Waals surface area contributed by atoms with E-state index in [1.54, 1.807) is 0 Å². The predicted molar refractivity (Wildman–Crippen MR) is 84.8 cm³/mol. The lowest BCUT2D eigenvalue weighted by Gasteiger charge is -2.17. The van der Waals surface area contributed by atoms with Gasteiger partial charge in [-0.25, -0.2) is 9.97 Å². The average molecular weight is 281 g/mol. The number of para-hydroxylation sites is 1.